The molecule has 160 valence electrons. The average Bonchev–Trinajstić information content (AvgIpc) is 2.74. The van der Waals surface area contributed by atoms with Gasteiger partial charge in [-0.2, -0.15) is 0 Å². The van der Waals surface area contributed by atoms with E-state index in [1.807, 2.05) is 18.2 Å². The van der Waals surface area contributed by atoms with Gasteiger partial charge in [-0.15, -0.1) is 0 Å². The zero-order valence-corrected chi connectivity index (χ0v) is 17.4. The molecule has 0 unspecified atom stereocenters. The Morgan fingerprint density at radius 1 is 1.10 bits per heavy atom. The Bertz CT molecular complexity index is 1020. The van der Waals surface area contributed by atoms with Gasteiger partial charge in [0.15, 0.2) is 0 Å². The summed E-state index contributed by atoms with van der Waals surface area (Å²) in [6.07, 6.45) is 0.892. The molecule has 1 heterocycles. The van der Waals surface area contributed by atoms with Gasteiger partial charge in [0.1, 0.15) is 5.82 Å². The Labute approximate surface area is 175 Å². The van der Waals surface area contributed by atoms with E-state index < -0.39 is 21.7 Å². The summed E-state index contributed by atoms with van der Waals surface area (Å²) < 4.78 is 40.9. The molecule has 1 saturated heterocycles. The van der Waals surface area contributed by atoms with Gasteiger partial charge >= 0.3 is 0 Å². The first-order chi connectivity index (χ1) is 14.3. The Kier molecular flexibility index (Phi) is 6.84. The fraction of sp³-hybridized carbons (Fsp3) is 0.333. The summed E-state index contributed by atoms with van der Waals surface area (Å²) >= 11 is 0. The summed E-state index contributed by atoms with van der Waals surface area (Å²) in [6.45, 7) is 2.39. The second kappa shape index (κ2) is 9.36. The van der Waals surface area contributed by atoms with Crippen molar-refractivity contribution in [1.82, 2.24) is 9.62 Å². The average molecular weight is 434 g/mol. The van der Waals surface area contributed by atoms with Crippen LogP contribution in [0.1, 0.15) is 30.1 Å². The Morgan fingerprint density at radius 2 is 1.77 bits per heavy atom. The van der Waals surface area contributed by atoms with Crippen LogP contribution in [0.15, 0.2) is 53.4 Å². The van der Waals surface area contributed by atoms with Gasteiger partial charge in [-0.3, -0.25) is 9.59 Å². The van der Waals surface area contributed by atoms with Crippen molar-refractivity contribution in [3.63, 3.8) is 0 Å². The van der Waals surface area contributed by atoms with Crippen molar-refractivity contribution in [2.45, 2.75) is 24.7 Å². The molecule has 2 aromatic carbocycles. The molecule has 3 rings (SSSR count). The van der Waals surface area contributed by atoms with E-state index in [4.69, 9.17) is 0 Å². The standard InChI is InChI=1S/C21H24FN3O4S/c1-2-23-30(28,29)17-8-9-19(22)18(14-17)21(27)25-12-10-15(11-13-25)20(26)24-16-6-4-3-5-7-16/h3-9,14-15,23H,2,10-13H2,1H3,(H,24,26). The van der Waals surface area contributed by atoms with Crippen molar-refractivity contribution < 1.29 is 22.4 Å². The molecule has 0 radical (unpaired) electrons. The molecule has 0 atom stereocenters. The van der Waals surface area contributed by atoms with Crippen LogP contribution in [-0.2, 0) is 14.8 Å². The van der Waals surface area contributed by atoms with Crippen LogP contribution in [0.2, 0.25) is 0 Å². The summed E-state index contributed by atoms with van der Waals surface area (Å²) in [6, 6.07) is 12.3. The fourth-order valence-corrected chi connectivity index (χ4v) is 4.46. The Morgan fingerprint density at radius 3 is 2.40 bits per heavy atom. The zero-order chi connectivity index (χ0) is 21.7. The Balaban J connectivity index is 1.66. The first kappa shape index (κ1) is 21.9. The number of rotatable bonds is 6. The number of anilines is 1. The van der Waals surface area contributed by atoms with E-state index in [1.54, 1.807) is 19.1 Å². The highest BCUT2D eigenvalue weighted by Gasteiger charge is 2.29. The second-order valence-electron chi connectivity index (χ2n) is 7.06. The number of piperidine rings is 1. The number of carbonyl (C=O) groups excluding carboxylic acids is 2. The van der Waals surface area contributed by atoms with Gasteiger partial charge in [0.25, 0.3) is 5.91 Å². The second-order valence-corrected chi connectivity index (χ2v) is 8.83. The molecule has 0 saturated carbocycles. The van der Waals surface area contributed by atoms with E-state index in [2.05, 4.69) is 10.0 Å². The molecular formula is C21H24FN3O4S. The number of hydrogen-bond donors (Lipinski definition) is 2. The van der Waals surface area contributed by atoms with E-state index in [1.165, 1.54) is 4.90 Å². The van der Waals surface area contributed by atoms with Crippen LogP contribution in [0.25, 0.3) is 0 Å². The molecule has 0 aromatic heterocycles. The van der Waals surface area contributed by atoms with E-state index in [0.717, 1.165) is 18.2 Å². The molecule has 1 aliphatic heterocycles. The smallest absolute Gasteiger partial charge is 0.256 e. The number of nitrogens with zero attached hydrogens (tertiary/aromatic N) is 1. The third-order valence-corrected chi connectivity index (χ3v) is 6.55. The van der Waals surface area contributed by atoms with Crippen LogP contribution in [0, 0.1) is 11.7 Å². The SMILES string of the molecule is CCNS(=O)(=O)c1ccc(F)c(C(=O)N2CCC(C(=O)Nc3ccccc3)CC2)c1. The normalized spacial score (nSPS) is 15.1. The number of nitrogens with one attached hydrogen (secondary N) is 2. The van der Waals surface area contributed by atoms with Crippen LogP contribution < -0.4 is 10.0 Å². The minimum absolute atomic E-state index is 0.113. The number of halogens is 1. The Hall–Kier alpha value is -2.78. The van der Waals surface area contributed by atoms with E-state index in [-0.39, 0.29) is 41.9 Å². The third kappa shape index (κ3) is 5.03. The summed E-state index contributed by atoms with van der Waals surface area (Å²) in [7, 11) is -3.80. The maximum Gasteiger partial charge on any atom is 0.256 e. The van der Waals surface area contributed by atoms with Crippen LogP contribution in [0.3, 0.4) is 0 Å². The van der Waals surface area contributed by atoms with Crippen molar-refractivity contribution >= 4 is 27.5 Å². The molecule has 2 N–H and O–H groups in total. The molecule has 0 spiro atoms. The van der Waals surface area contributed by atoms with Crippen molar-refractivity contribution in [1.29, 1.82) is 0 Å². The van der Waals surface area contributed by atoms with E-state index in [9.17, 15) is 22.4 Å². The lowest BCUT2D eigenvalue weighted by molar-refractivity contribution is -0.121. The fourth-order valence-electron chi connectivity index (χ4n) is 3.39. The lowest BCUT2D eigenvalue weighted by Gasteiger charge is -2.31. The maximum atomic E-state index is 14.3. The quantitative estimate of drug-likeness (QED) is 0.732. The number of amides is 2. The minimum Gasteiger partial charge on any atom is -0.339 e. The molecule has 2 amide bonds. The van der Waals surface area contributed by atoms with Crippen molar-refractivity contribution in [2.75, 3.05) is 25.0 Å². The first-order valence-electron chi connectivity index (χ1n) is 9.76. The molecule has 1 fully saturated rings. The predicted octanol–water partition coefficient (Wildman–Crippen LogP) is 2.61. The van der Waals surface area contributed by atoms with Gasteiger partial charge in [-0.1, -0.05) is 25.1 Å². The minimum atomic E-state index is -3.80. The van der Waals surface area contributed by atoms with Crippen LogP contribution in [0.4, 0.5) is 10.1 Å². The molecule has 9 heteroatoms. The summed E-state index contributed by atoms with van der Waals surface area (Å²) in [4.78, 5) is 26.5. The molecular weight excluding hydrogens is 409 g/mol. The molecule has 0 aliphatic carbocycles. The molecule has 30 heavy (non-hydrogen) atoms. The highest BCUT2D eigenvalue weighted by molar-refractivity contribution is 7.89. The lowest BCUT2D eigenvalue weighted by atomic mass is 9.95. The highest BCUT2D eigenvalue weighted by Crippen LogP contribution is 2.23. The summed E-state index contributed by atoms with van der Waals surface area (Å²) in [5, 5.41) is 2.86. The third-order valence-electron chi connectivity index (χ3n) is 5.01. The largest absolute Gasteiger partial charge is 0.339 e. The summed E-state index contributed by atoms with van der Waals surface area (Å²) in [5.41, 5.74) is 0.419. The van der Waals surface area contributed by atoms with Gasteiger partial charge in [0.2, 0.25) is 15.9 Å². The van der Waals surface area contributed by atoms with Crippen LogP contribution in [-0.4, -0.2) is 44.8 Å². The molecule has 0 bridgehead atoms. The van der Waals surface area contributed by atoms with Gasteiger partial charge in [0, 0.05) is 31.2 Å². The van der Waals surface area contributed by atoms with Crippen molar-refractivity contribution in [2.24, 2.45) is 5.92 Å². The van der Waals surface area contributed by atoms with E-state index >= 15 is 0 Å². The topological polar surface area (TPSA) is 95.6 Å². The van der Waals surface area contributed by atoms with E-state index in [0.29, 0.717) is 18.5 Å². The van der Waals surface area contributed by atoms with Crippen LogP contribution >= 0.6 is 0 Å². The number of carbonyl (C=O) groups is 2. The molecule has 1 aliphatic rings. The van der Waals surface area contributed by atoms with Gasteiger partial charge in [-0.25, -0.2) is 17.5 Å². The number of para-hydroxylation sites is 1. The maximum absolute atomic E-state index is 14.3. The number of sulfonamides is 1. The van der Waals surface area contributed by atoms with Gasteiger partial charge in [0.05, 0.1) is 10.5 Å². The first-order valence-corrected chi connectivity index (χ1v) is 11.2. The highest BCUT2D eigenvalue weighted by atomic mass is 32.2. The monoisotopic (exact) mass is 433 g/mol. The predicted molar refractivity (Wildman–Crippen MR) is 111 cm³/mol. The van der Waals surface area contributed by atoms with Crippen molar-refractivity contribution in [3.8, 4) is 0 Å². The van der Waals surface area contributed by atoms with Crippen LogP contribution in [0.5, 0.6) is 0 Å². The van der Waals surface area contributed by atoms with Gasteiger partial charge in [-0.05, 0) is 43.2 Å². The molecule has 2 aromatic rings. The number of likely N-dealkylation sites (tertiary alicyclic amines) is 1. The number of benzene rings is 2. The number of hydrogen-bond acceptors (Lipinski definition) is 4. The molecule has 7 nitrogen and oxygen atoms in total. The van der Waals surface area contributed by atoms with Crippen molar-refractivity contribution in [3.05, 3.63) is 59.9 Å². The van der Waals surface area contributed by atoms with Gasteiger partial charge < -0.3 is 10.2 Å². The summed E-state index contributed by atoms with van der Waals surface area (Å²) in [5.74, 6) is -1.72. The zero-order valence-electron chi connectivity index (χ0n) is 16.6. The lowest BCUT2D eigenvalue weighted by Crippen LogP contribution is -2.41.